The van der Waals surface area contributed by atoms with Crippen LogP contribution in [0.5, 0.6) is 0 Å². The van der Waals surface area contributed by atoms with Gasteiger partial charge in [-0.25, -0.2) is 9.48 Å². The van der Waals surface area contributed by atoms with Gasteiger partial charge < -0.3 is 15.4 Å². The van der Waals surface area contributed by atoms with Crippen molar-refractivity contribution in [3.05, 3.63) is 77.6 Å². The van der Waals surface area contributed by atoms with Gasteiger partial charge in [-0.2, -0.15) is 18.3 Å². The lowest BCUT2D eigenvalue weighted by Crippen LogP contribution is -2.35. The maximum Gasteiger partial charge on any atom is 0.434 e. The van der Waals surface area contributed by atoms with E-state index in [9.17, 15) is 27.6 Å². The number of halogens is 3. The molecular weight excluding hydrogens is 465 g/mol. The highest BCUT2D eigenvalue weighted by molar-refractivity contribution is 5.95. The van der Waals surface area contributed by atoms with Crippen LogP contribution in [0.2, 0.25) is 0 Å². The van der Waals surface area contributed by atoms with Crippen LogP contribution in [0.15, 0.2) is 60.8 Å². The average Bonchev–Trinajstić information content (AvgIpc) is 3.26. The minimum absolute atomic E-state index is 0.0133. The standard InChI is InChI=1S/C24H23F3N4O4/c1-3-35-23(34)19-14-28-31(21(19)24(25,26)27)18-11-9-17(10-12-18)30-20(32)13-15(2)29-22(33)16-7-5-4-6-8-16/h4-12,14-15H,3,13H2,1-2H3,(H,29,33)(H,30,32). The fraction of sp³-hybridized carbons (Fsp3) is 0.250. The van der Waals surface area contributed by atoms with Crippen molar-refractivity contribution in [3.63, 3.8) is 0 Å². The molecule has 8 nitrogen and oxygen atoms in total. The first-order chi connectivity index (χ1) is 16.6. The summed E-state index contributed by atoms with van der Waals surface area (Å²) in [5.74, 6) is -1.82. The van der Waals surface area contributed by atoms with Crippen molar-refractivity contribution in [2.24, 2.45) is 0 Å². The molecule has 1 atom stereocenters. The molecule has 184 valence electrons. The molecule has 0 bridgehead atoms. The fourth-order valence-electron chi connectivity index (χ4n) is 3.30. The van der Waals surface area contributed by atoms with Crippen LogP contribution >= 0.6 is 0 Å². The normalized spacial score (nSPS) is 12.0. The smallest absolute Gasteiger partial charge is 0.434 e. The quantitative estimate of drug-likeness (QED) is 0.463. The second kappa shape index (κ2) is 10.9. The number of alkyl halides is 3. The third-order valence-electron chi connectivity index (χ3n) is 4.83. The van der Waals surface area contributed by atoms with Gasteiger partial charge in [0.2, 0.25) is 5.91 Å². The number of carbonyl (C=O) groups is 3. The number of nitrogens with zero attached hydrogens (tertiary/aromatic N) is 2. The van der Waals surface area contributed by atoms with E-state index in [1.807, 2.05) is 0 Å². The van der Waals surface area contributed by atoms with Crippen LogP contribution in [0.4, 0.5) is 18.9 Å². The SMILES string of the molecule is CCOC(=O)c1cnn(-c2ccc(NC(=O)CC(C)NC(=O)c3ccccc3)cc2)c1C(F)(F)F. The van der Waals surface area contributed by atoms with Crippen LogP contribution < -0.4 is 10.6 Å². The summed E-state index contributed by atoms with van der Waals surface area (Å²) in [6, 6.07) is 13.6. The molecule has 1 unspecified atom stereocenters. The predicted molar refractivity (Wildman–Crippen MR) is 121 cm³/mol. The number of benzene rings is 2. The van der Waals surface area contributed by atoms with Crippen molar-refractivity contribution in [2.45, 2.75) is 32.5 Å². The molecule has 2 aromatic carbocycles. The molecule has 2 amide bonds. The lowest BCUT2D eigenvalue weighted by molar-refractivity contribution is -0.143. The molecule has 0 aliphatic carbocycles. The molecule has 2 N–H and O–H groups in total. The van der Waals surface area contributed by atoms with Gasteiger partial charge in [-0.15, -0.1) is 0 Å². The highest BCUT2D eigenvalue weighted by atomic mass is 19.4. The second-order valence-electron chi connectivity index (χ2n) is 7.58. The Kier molecular flexibility index (Phi) is 7.90. The monoisotopic (exact) mass is 488 g/mol. The topological polar surface area (TPSA) is 102 Å². The van der Waals surface area contributed by atoms with Crippen LogP contribution in [0.1, 0.15) is 46.7 Å². The van der Waals surface area contributed by atoms with E-state index in [-0.39, 0.29) is 24.6 Å². The second-order valence-corrected chi connectivity index (χ2v) is 7.58. The Morgan fingerprint density at radius 2 is 1.71 bits per heavy atom. The van der Waals surface area contributed by atoms with Crippen molar-refractivity contribution in [3.8, 4) is 5.69 Å². The highest BCUT2D eigenvalue weighted by Crippen LogP contribution is 2.34. The van der Waals surface area contributed by atoms with Crippen molar-refractivity contribution in [2.75, 3.05) is 11.9 Å². The zero-order chi connectivity index (χ0) is 25.6. The van der Waals surface area contributed by atoms with Gasteiger partial charge in [0.05, 0.1) is 18.5 Å². The van der Waals surface area contributed by atoms with Crippen LogP contribution in [0.25, 0.3) is 5.69 Å². The van der Waals surface area contributed by atoms with Crippen LogP contribution in [-0.4, -0.2) is 40.2 Å². The molecule has 3 rings (SSSR count). The third kappa shape index (κ3) is 6.46. The van der Waals surface area contributed by atoms with Gasteiger partial charge in [-0.1, -0.05) is 18.2 Å². The molecule has 0 aliphatic rings. The predicted octanol–water partition coefficient (Wildman–Crippen LogP) is 4.21. The number of hydrogen-bond acceptors (Lipinski definition) is 5. The Balaban J connectivity index is 1.67. The lowest BCUT2D eigenvalue weighted by Gasteiger charge is -2.15. The van der Waals surface area contributed by atoms with Crippen LogP contribution in [0, 0.1) is 0 Å². The molecule has 11 heteroatoms. The molecule has 35 heavy (non-hydrogen) atoms. The number of nitrogens with one attached hydrogen (secondary N) is 2. The highest BCUT2D eigenvalue weighted by Gasteiger charge is 2.41. The molecule has 1 heterocycles. The number of amides is 2. The molecule has 0 saturated heterocycles. The molecular formula is C24H23F3N4O4. The Morgan fingerprint density at radius 3 is 2.31 bits per heavy atom. The maximum absolute atomic E-state index is 13.6. The summed E-state index contributed by atoms with van der Waals surface area (Å²) in [4.78, 5) is 36.4. The van der Waals surface area contributed by atoms with Crippen molar-refractivity contribution < 1.29 is 32.3 Å². The summed E-state index contributed by atoms with van der Waals surface area (Å²) in [5.41, 5.74) is -1.10. The Morgan fingerprint density at radius 1 is 1.06 bits per heavy atom. The Labute approximate surface area is 199 Å². The van der Waals surface area contributed by atoms with Crippen LogP contribution in [-0.2, 0) is 15.7 Å². The molecule has 0 radical (unpaired) electrons. The number of anilines is 1. The van der Waals surface area contributed by atoms with E-state index in [4.69, 9.17) is 4.74 Å². The first kappa shape index (κ1) is 25.5. The van der Waals surface area contributed by atoms with Gasteiger partial charge in [0.1, 0.15) is 5.56 Å². The molecule has 3 aromatic rings. The van der Waals surface area contributed by atoms with Gasteiger partial charge in [0, 0.05) is 23.7 Å². The third-order valence-corrected chi connectivity index (χ3v) is 4.83. The summed E-state index contributed by atoms with van der Waals surface area (Å²) < 4.78 is 46.2. The van der Waals surface area contributed by atoms with Gasteiger partial charge in [-0.05, 0) is 50.2 Å². The van der Waals surface area contributed by atoms with E-state index >= 15 is 0 Å². The minimum Gasteiger partial charge on any atom is -0.462 e. The average molecular weight is 488 g/mol. The van der Waals surface area contributed by atoms with Crippen molar-refractivity contribution in [1.29, 1.82) is 0 Å². The number of esters is 1. The minimum atomic E-state index is -4.86. The van der Waals surface area contributed by atoms with Crippen molar-refractivity contribution >= 4 is 23.5 Å². The van der Waals surface area contributed by atoms with E-state index in [1.165, 1.54) is 31.2 Å². The van der Waals surface area contributed by atoms with E-state index in [0.717, 1.165) is 6.20 Å². The number of ether oxygens (including phenoxy) is 1. The van der Waals surface area contributed by atoms with Crippen molar-refractivity contribution in [1.82, 2.24) is 15.1 Å². The van der Waals surface area contributed by atoms with E-state index in [0.29, 0.717) is 15.9 Å². The van der Waals surface area contributed by atoms with Gasteiger partial charge in [0.25, 0.3) is 5.91 Å². The molecule has 0 spiro atoms. The summed E-state index contributed by atoms with van der Waals surface area (Å²) in [5, 5.41) is 9.07. The number of rotatable bonds is 8. The first-order valence-corrected chi connectivity index (χ1v) is 10.7. The van der Waals surface area contributed by atoms with E-state index < -0.39 is 35.4 Å². The molecule has 0 fully saturated rings. The summed E-state index contributed by atoms with van der Waals surface area (Å²) in [7, 11) is 0. The molecule has 0 saturated carbocycles. The van der Waals surface area contributed by atoms with Gasteiger partial charge in [-0.3, -0.25) is 9.59 Å². The number of carbonyl (C=O) groups excluding carboxylic acids is 3. The molecule has 1 aromatic heterocycles. The summed E-state index contributed by atoms with van der Waals surface area (Å²) >= 11 is 0. The van der Waals surface area contributed by atoms with Crippen LogP contribution in [0.3, 0.4) is 0 Å². The number of aromatic nitrogens is 2. The number of hydrogen-bond donors (Lipinski definition) is 2. The van der Waals surface area contributed by atoms with E-state index in [2.05, 4.69) is 15.7 Å². The fourth-order valence-corrected chi connectivity index (χ4v) is 3.30. The Bertz CT molecular complexity index is 1190. The zero-order valence-electron chi connectivity index (χ0n) is 18.9. The van der Waals surface area contributed by atoms with Gasteiger partial charge in [0.15, 0.2) is 5.69 Å². The lowest BCUT2D eigenvalue weighted by atomic mass is 10.1. The summed E-state index contributed by atoms with van der Waals surface area (Å²) in [6.07, 6.45) is -4.06. The summed E-state index contributed by atoms with van der Waals surface area (Å²) in [6.45, 7) is 3.09. The Hall–Kier alpha value is -4.15. The maximum atomic E-state index is 13.6. The zero-order valence-corrected chi connectivity index (χ0v) is 18.9. The van der Waals surface area contributed by atoms with Gasteiger partial charge >= 0.3 is 12.1 Å². The largest absolute Gasteiger partial charge is 0.462 e. The molecule has 0 aliphatic heterocycles. The van der Waals surface area contributed by atoms with E-state index in [1.54, 1.807) is 37.3 Å². The first-order valence-electron chi connectivity index (χ1n) is 10.7.